The normalized spacial score (nSPS) is 20.4. The largest absolute Gasteiger partial charge is 0.240 e. The molecule has 3 atom stereocenters. The predicted molar refractivity (Wildman–Crippen MR) is 64.4 cm³/mol. The number of alkyl halides is 2. The van der Waals surface area contributed by atoms with Gasteiger partial charge in [-0.05, 0) is 24.3 Å². The minimum Gasteiger partial charge on any atom is -0.240 e. The van der Waals surface area contributed by atoms with Crippen LogP contribution in [0.1, 0.15) is 27.7 Å². The maximum atomic E-state index is 13.5. The molecule has 0 aliphatic carbocycles. The van der Waals surface area contributed by atoms with Crippen LogP contribution in [0.4, 0.5) is 8.78 Å². The van der Waals surface area contributed by atoms with Crippen LogP contribution in [-0.4, -0.2) is 10.3 Å². The third-order valence-electron chi connectivity index (χ3n) is 2.37. The smallest absolute Gasteiger partial charge is 0.149 e. The van der Waals surface area contributed by atoms with Crippen LogP contribution >= 0.6 is 28.6 Å². The molecule has 0 N–H and O–H groups in total. The van der Waals surface area contributed by atoms with Gasteiger partial charge in [-0.15, -0.1) is 0 Å². The molecule has 84 valence electrons. The van der Waals surface area contributed by atoms with Crippen LogP contribution in [0, 0.1) is 11.8 Å². The van der Waals surface area contributed by atoms with Gasteiger partial charge in [0.15, 0.2) is 0 Å². The van der Waals surface area contributed by atoms with Gasteiger partial charge in [-0.1, -0.05) is 36.7 Å². The molecule has 2 unspecified atom stereocenters. The fourth-order valence-corrected chi connectivity index (χ4v) is 2.13. The van der Waals surface area contributed by atoms with Crippen LogP contribution in [0.2, 0.25) is 0 Å². The van der Waals surface area contributed by atoms with Crippen LogP contribution in [0.5, 0.6) is 0 Å². The second-order valence-electron chi connectivity index (χ2n) is 3.79. The van der Waals surface area contributed by atoms with E-state index in [-0.39, 0.29) is 11.8 Å². The molecule has 0 radical (unpaired) electrons. The summed E-state index contributed by atoms with van der Waals surface area (Å²) >= 11 is 7.29. The summed E-state index contributed by atoms with van der Waals surface area (Å²) in [6.07, 6.45) is -1.56. The summed E-state index contributed by atoms with van der Waals surface area (Å²) in [5.74, 6) is -0.445. The number of allylic oxidation sites excluding steroid dienone is 1. The van der Waals surface area contributed by atoms with Crippen LogP contribution in [0.25, 0.3) is 0 Å². The van der Waals surface area contributed by atoms with Crippen molar-refractivity contribution < 1.29 is 8.78 Å². The quantitative estimate of drug-likeness (QED) is 0.571. The monoisotopic (exact) mass is 286 g/mol. The Morgan fingerprint density at radius 3 is 1.86 bits per heavy atom. The standard InChI is InChI=1S/C10H17BrF2S/c1-5(2)6(3)8(10(11)14)9(13)7(4)12/h5-7,10,14H,1-4H3/b9-8+/t6-,7?,10?/m1/s1. The molecular formula is C10H17BrF2S. The SMILES string of the molecule is CC(F)/C(F)=C(\C(S)Br)[C@H](C)C(C)C. The minimum atomic E-state index is -1.56. The molecule has 0 aromatic heterocycles. The lowest BCUT2D eigenvalue weighted by atomic mass is 9.89. The van der Waals surface area contributed by atoms with Crippen molar-refractivity contribution in [3.8, 4) is 0 Å². The molecule has 0 bridgehead atoms. The van der Waals surface area contributed by atoms with Gasteiger partial charge in [0.05, 0.1) is 4.16 Å². The van der Waals surface area contributed by atoms with Gasteiger partial charge >= 0.3 is 0 Å². The second-order valence-corrected chi connectivity index (χ2v) is 5.93. The van der Waals surface area contributed by atoms with Gasteiger partial charge in [-0.2, -0.15) is 12.6 Å². The zero-order valence-electron chi connectivity index (χ0n) is 8.89. The lowest BCUT2D eigenvalue weighted by molar-refractivity contribution is 0.334. The van der Waals surface area contributed by atoms with E-state index in [4.69, 9.17) is 0 Å². The summed E-state index contributed by atoms with van der Waals surface area (Å²) in [5.41, 5.74) is 0.415. The first kappa shape index (κ1) is 14.4. The second kappa shape index (κ2) is 6.11. The van der Waals surface area contributed by atoms with Gasteiger partial charge in [0, 0.05) is 0 Å². The Morgan fingerprint density at radius 1 is 1.21 bits per heavy atom. The van der Waals surface area contributed by atoms with Crippen molar-refractivity contribution >= 4 is 28.6 Å². The van der Waals surface area contributed by atoms with Gasteiger partial charge in [-0.25, -0.2) is 8.78 Å². The Morgan fingerprint density at radius 2 is 1.64 bits per heavy atom. The van der Waals surface area contributed by atoms with Crippen molar-refractivity contribution in [3.05, 3.63) is 11.4 Å². The van der Waals surface area contributed by atoms with E-state index >= 15 is 0 Å². The summed E-state index contributed by atoms with van der Waals surface area (Å²) < 4.78 is 25.9. The highest BCUT2D eigenvalue weighted by atomic mass is 79.9. The molecule has 14 heavy (non-hydrogen) atoms. The number of hydrogen-bond acceptors (Lipinski definition) is 1. The topological polar surface area (TPSA) is 0 Å². The van der Waals surface area contributed by atoms with E-state index in [1.54, 1.807) is 0 Å². The average Bonchev–Trinajstić information content (AvgIpc) is 2.03. The van der Waals surface area contributed by atoms with Crippen LogP contribution in [0.15, 0.2) is 11.4 Å². The highest BCUT2D eigenvalue weighted by Crippen LogP contribution is 2.33. The van der Waals surface area contributed by atoms with Crippen LogP contribution in [0.3, 0.4) is 0 Å². The number of hydrogen-bond donors (Lipinski definition) is 1. The molecule has 0 aromatic rings. The predicted octanol–water partition coefficient (Wildman–Crippen LogP) is 4.51. The van der Waals surface area contributed by atoms with Crippen LogP contribution in [-0.2, 0) is 0 Å². The highest BCUT2D eigenvalue weighted by Gasteiger charge is 2.24. The summed E-state index contributed by atoms with van der Waals surface area (Å²) in [6, 6.07) is 0. The Bertz CT molecular complexity index is 212. The molecule has 0 aliphatic heterocycles. The molecule has 0 amide bonds. The molecule has 0 saturated carbocycles. The molecule has 0 saturated heterocycles. The summed E-state index contributed by atoms with van der Waals surface area (Å²) in [7, 11) is 0. The molecule has 0 aliphatic rings. The molecule has 4 heteroatoms. The molecule has 0 spiro atoms. The molecular weight excluding hydrogens is 270 g/mol. The van der Waals surface area contributed by atoms with E-state index in [9.17, 15) is 8.78 Å². The molecule has 0 nitrogen and oxygen atoms in total. The first-order valence-corrected chi connectivity index (χ1v) is 6.07. The third-order valence-corrected chi connectivity index (χ3v) is 3.14. The van der Waals surface area contributed by atoms with E-state index in [0.717, 1.165) is 0 Å². The van der Waals surface area contributed by atoms with Gasteiger partial charge < -0.3 is 0 Å². The van der Waals surface area contributed by atoms with E-state index < -0.39 is 16.2 Å². The van der Waals surface area contributed by atoms with E-state index in [0.29, 0.717) is 5.57 Å². The van der Waals surface area contributed by atoms with Crippen molar-refractivity contribution in [1.82, 2.24) is 0 Å². The fraction of sp³-hybridized carbons (Fsp3) is 0.800. The van der Waals surface area contributed by atoms with E-state index in [1.807, 2.05) is 20.8 Å². The lowest BCUT2D eigenvalue weighted by Crippen LogP contribution is -2.16. The van der Waals surface area contributed by atoms with Crippen molar-refractivity contribution in [2.45, 2.75) is 38.0 Å². The van der Waals surface area contributed by atoms with Crippen molar-refractivity contribution in [2.75, 3.05) is 0 Å². The highest BCUT2D eigenvalue weighted by molar-refractivity contribution is 9.11. The minimum absolute atomic E-state index is 0.0184. The molecule has 0 aromatic carbocycles. The zero-order chi connectivity index (χ0) is 11.5. The molecule has 0 heterocycles. The molecule has 0 rings (SSSR count). The zero-order valence-corrected chi connectivity index (χ0v) is 11.4. The van der Waals surface area contributed by atoms with Gasteiger partial charge in [-0.3, -0.25) is 0 Å². The number of thiol groups is 1. The van der Waals surface area contributed by atoms with Crippen molar-refractivity contribution in [1.29, 1.82) is 0 Å². The Balaban J connectivity index is 5.04. The van der Waals surface area contributed by atoms with Gasteiger partial charge in [0.25, 0.3) is 0 Å². The van der Waals surface area contributed by atoms with Gasteiger partial charge in [0.1, 0.15) is 12.0 Å². The summed E-state index contributed by atoms with van der Waals surface area (Å²) in [4.78, 5) is 0. The molecule has 0 fully saturated rings. The third kappa shape index (κ3) is 3.89. The van der Waals surface area contributed by atoms with Crippen molar-refractivity contribution in [2.24, 2.45) is 11.8 Å². The Hall–Kier alpha value is 0.430. The maximum Gasteiger partial charge on any atom is 0.149 e. The Kier molecular flexibility index (Phi) is 6.30. The lowest BCUT2D eigenvalue weighted by Gasteiger charge is -2.22. The fourth-order valence-electron chi connectivity index (χ4n) is 1.14. The van der Waals surface area contributed by atoms with Crippen LogP contribution < -0.4 is 0 Å². The summed E-state index contributed by atoms with van der Waals surface area (Å²) in [5, 5.41) is 0. The maximum absolute atomic E-state index is 13.5. The first-order valence-electron chi connectivity index (χ1n) is 4.64. The number of halogens is 3. The Labute approximate surface area is 98.7 Å². The summed E-state index contributed by atoms with van der Waals surface area (Å²) in [6.45, 7) is 7.03. The average molecular weight is 287 g/mol. The van der Waals surface area contributed by atoms with Crippen molar-refractivity contribution in [3.63, 3.8) is 0 Å². The number of rotatable bonds is 4. The first-order chi connectivity index (χ1) is 6.29. The van der Waals surface area contributed by atoms with E-state index in [2.05, 4.69) is 28.6 Å². The van der Waals surface area contributed by atoms with Gasteiger partial charge in [0.2, 0.25) is 0 Å². The van der Waals surface area contributed by atoms with E-state index in [1.165, 1.54) is 6.92 Å².